The van der Waals surface area contributed by atoms with Crippen molar-refractivity contribution in [3.8, 4) is 5.75 Å². The third-order valence-electron chi connectivity index (χ3n) is 5.18. The van der Waals surface area contributed by atoms with Gasteiger partial charge in [-0.15, -0.1) is 0 Å². The zero-order chi connectivity index (χ0) is 20.1. The molecule has 1 aliphatic heterocycles. The average Bonchev–Trinajstić information content (AvgIpc) is 2.72. The molecule has 1 fully saturated rings. The van der Waals surface area contributed by atoms with Crippen molar-refractivity contribution in [2.45, 2.75) is 26.7 Å². The van der Waals surface area contributed by atoms with Crippen LogP contribution in [0.1, 0.15) is 42.6 Å². The van der Waals surface area contributed by atoms with E-state index in [4.69, 9.17) is 4.74 Å². The lowest BCUT2D eigenvalue weighted by atomic mass is 10.0. The Bertz CT molecular complexity index is 805. The Morgan fingerprint density at radius 3 is 2.07 bits per heavy atom. The minimum atomic E-state index is 0.0134. The highest BCUT2D eigenvalue weighted by Gasteiger charge is 2.21. The van der Waals surface area contributed by atoms with Gasteiger partial charge in [-0.1, -0.05) is 26.0 Å². The maximum atomic E-state index is 12.5. The van der Waals surface area contributed by atoms with Crippen LogP contribution in [0.5, 0.6) is 5.75 Å². The molecule has 3 rings (SSSR count). The number of hydrogen-bond acceptors (Lipinski definition) is 4. The molecule has 1 saturated heterocycles. The maximum Gasteiger partial charge on any atom is 0.260 e. The first-order valence-corrected chi connectivity index (χ1v) is 9.80. The van der Waals surface area contributed by atoms with Crippen LogP contribution in [0.25, 0.3) is 0 Å². The number of amides is 1. The second-order valence-electron chi connectivity index (χ2n) is 7.48. The maximum absolute atomic E-state index is 12.5. The molecule has 2 aromatic rings. The number of rotatable bonds is 6. The van der Waals surface area contributed by atoms with Crippen molar-refractivity contribution in [3.05, 3.63) is 59.7 Å². The fourth-order valence-electron chi connectivity index (χ4n) is 3.31. The normalized spacial score (nSPS) is 14.3. The summed E-state index contributed by atoms with van der Waals surface area (Å²) < 4.78 is 5.67. The third kappa shape index (κ3) is 4.91. The topological polar surface area (TPSA) is 49.9 Å². The van der Waals surface area contributed by atoms with Crippen LogP contribution >= 0.6 is 0 Å². The van der Waals surface area contributed by atoms with Crippen LogP contribution in [0, 0.1) is 0 Å². The van der Waals surface area contributed by atoms with Gasteiger partial charge in [0.05, 0.1) is 0 Å². The van der Waals surface area contributed by atoms with E-state index in [2.05, 4.69) is 18.7 Å². The first-order chi connectivity index (χ1) is 13.4. The summed E-state index contributed by atoms with van der Waals surface area (Å²) in [4.78, 5) is 27.9. The molecule has 0 aromatic heterocycles. The van der Waals surface area contributed by atoms with Gasteiger partial charge >= 0.3 is 0 Å². The highest BCUT2D eigenvalue weighted by atomic mass is 16.5. The van der Waals surface area contributed by atoms with Gasteiger partial charge in [0.15, 0.2) is 12.4 Å². The van der Waals surface area contributed by atoms with Gasteiger partial charge in [0.2, 0.25) is 0 Å². The Morgan fingerprint density at radius 1 is 0.929 bits per heavy atom. The number of ketones is 1. The SMILES string of the molecule is CC(=O)c1ccc(N2CCN(C(=O)COc3ccc(C(C)C)cc3)CC2)cc1. The number of nitrogens with zero attached hydrogens (tertiary/aromatic N) is 2. The van der Waals surface area contributed by atoms with E-state index in [0.29, 0.717) is 19.0 Å². The summed E-state index contributed by atoms with van der Waals surface area (Å²) >= 11 is 0. The second kappa shape index (κ2) is 8.91. The zero-order valence-corrected chi connectivity index (χ0v) is 16.9. The van der Waals surface area contributed by atoms with Crippen LogP contribution in [-0.4, -0.2) is 49.4 Å². The molecule has 5 nitrogen and oxygen atoms in total. The molecule has 5 heteroatoms. The molecule has 0 saturated carbocycles. The molecule has 2 aromatic carbocycles. The van der Waals surface area contributed by atoms with Crippen molar-refractivity contribution in [3.63, 3.8) is 0 Å². The molecular formula is C23H28N2O3. The van der Waals surface area contributed by atoms with Gasteiger partial charge < -0.3 is 14.5 Å². The van der Waals surface area contributed by atoms with E-state index in [1.807, 2.05) is 53.4 Å². The first-order valence-electron chi connectivity index (χ1n) is 9.80. The Morgan fingerprint density at radius 2 is 1.54 bits per heavy atom. The summed E-state index contributed by atoms with van der Waals surface area (Å²) in [7, 11) is 0. The molecule has 0 spiro atoms. The summed E-state index contributed by atoms with van der Waals surface area (Å²) in [5, 5.41) is 0. The third-order valence-corrected chi connectivity index (χ3v) is 5.18. The molecule has 0 atom stereocenters. The van der Waals surface area contributed by atoms with E-state index in [1.165, 1.54) is 5.56 Å². The van der Waals surface area contributed by atoms with E-state index in [1.54, 1.807) is 6.92 Å². The molecule has 28 heavy (non-hydrogen) atoms. The molecule has 0 aliphatic carbocycles. The first kappa shape index (κ1) is 19.9. The fourth-order valence-corrected chi connectivity index (χ4v) is 3.31. The summed E-state index contributed by atoms with van der Waals surface area (Å²) in [6.45, 7) is 8.82. The van der Waals surface area contributed by atoms with Gasteiger partial charge in [-0.3, -0.25) is 9.59 Å². The van der Waals surface area contributed by atoms with Crippen LogP contribution in [0.15, 0.2) is 48.5 Å². The Hall–Kier alpha value is -2.82. The summed E-state index contributed by atoms with van der Waals surface area (Å²) in [6.07, 6.45) is 0. The van der Waals surface area contributed by atoms with Gasteiger partial charge in [0, 0.05) is 37.4 Å². The minimum Gasteiger partial charge on any atom is -0.484 e. The summed E-state index contributed by atoms with van der Waals surface area (Å²) in [5.41, 5.74) is 3.06. The number of carbonyl (C=O) groups excluding carboxylic acids is 2. The van der Waals surface area contributed by atoms with Gasteiger partial charge in [-0.2, -0.15) is 0 Å². The lowest BCUT2D eigenvalue weighted by molar-refractivity contribution is -0.133. The van der Waals surface area contributed by atoms with Crippen molar-refractivity contribution >= 4 is 17.4 Å². The van der Waals surface area contributed by atoms with E-state index >= 15 is 0 Å². The zero-order valence-electron chi connectivity index (χ0n) is 16.9. The van der Waals surface area contributed by atoms with Crippen molar-refractivity contribution in [1.82, 2.24) is 4.90 Å². The number of ether oxygens (including phenoxy) is 1. The minimum absolute atomic E-state index is 0.0134. The molecule has 0 radical (unpaired) electrons. The molecule has 0 unspecified atom stereocenters. The van der Waals surface area contributed by atoms with Gasteiger partial charge in [0.25, 0.3) is 5.91 Å². The average molecular weight is 380 g/mol. The van der Waals surface area contributed by atoms with E-state index in [9.17, 15) is 9.59 Å². The van der Waals surface area contributed by atoms with E-state index < -0.39 is 0 Å². The van der Waals surface area contributed by atoms with Crippen molar-refractivity contribution in [2.75, 3.05) is 37.7 Å². The van der Waals surface area contributed by atoms with Crippen molar-refractivity contribution < 1.29 is 14.3 Å². The summed E-state index contributed by atoms with van der Waals surface area (Å²) in [6, 6.07) is 15.6. The van der Waals surface area contributed by atoms with Crippen molar-refractivity contribution in [2.24, 2.45) is 0 Å². The predicted molar refractivity (Wildman–Crippen MR) is 111 cm³/mol. The predicted octanol–water partition coefficient (Wildman–Crippen LogP) is 3.74. The van der Waals surface area contributed by atoms with Gasteiger partial charge in [-0.25, -0.2) is 0 Å². The number of piperazine rings is 1. The molecule has 148 valence electrons. The van der Waals surface area contributed by atoms with Gasteiger partial charge in [-0.05, 0) is 54.8 Å². The quantitative estimate of drug-likeness (QED) is 0.717. The fraction of sp³-hybridized carbons (Fsp3) is 0.391. The van der Waals surface area contributed by atoms with E-state index in [-0.39, 0.29) is 18.3 Å². The van der Waals surface area contributed by atoms with Crippen LogP contribution < -0.4 is 9.64 Å². The molecule has 1 heterocycles. The molecule has 1 amide bonds. The smallest absolute Gasteiger partial charge is 0.260 e. The lowest BCUT2D eigenvalue weighted by Crippen LogP contribution is -2.50. The molecular weight excluding hydrogens is 352 g/mol. The number of benzene rings is 2. The monoisotopic (exact) mass is 380 g/mol. The number of carbonyl (C=O) groups is 2. The lowest BCUT2D eigenvalue weighted by Gasteiger charge is -2.36. The molecule has 0 N–H and O–H groups in total. The Labute approximate surface area is 166 Å². The van der Waals surface area contributed by atoms with Crippen LogP contribution in [0.4, 0.5) is 5.69 Å². The molecule has 1 aliphatic rings. The second-order valence-corrected chi connectivity index (χ2v) is 7.48. The van der Waals surface area contributed by atoms with Crippen LogP contribution in [0.2, 0.25) is 0 Å². The Kier molecular flexibility index (Phi) is 6.34. The van der Waals surface area contributed by atoms with Crippen LogP contribution in [0.3, 0.4) is 0 Å². The number of anilines is 1. The van der Waals surface area contributed by atoms with Crippen LogP contribution in [-0.2, 0) is 4.79 Å². The highest BCUT2D eigenvalue weighted by molar-refractivity contribution is 5.94. The largest absolute Gasteiger partial charge is 0.484 e. The Balaban J connectivity index is 1.47. The molecule has 0 bridgehead atoms. The standard InChI is InChI=1S/C23H28N2O3/c1-17(2)19-6-10-22(11-7-19)28-16-23(27)25-14-12-24(13-15-25)21-8-4-20(5-9-21)18(3)26/h4-11,17H,12-16H2,1-3H3. The van der Waals surface area contributed by atoms with Gasteiger partial charge in [0.1, 0.15) is 5.75 Å². The van der Waals surface area contributed by atoms with E-state index in [0.717, 1.165) is 30.1 Å². The number of Topliss-reactive ketones (excluding diaryl/α,β-unsaturated/α-hetero) is 1. The van der Waals surface area contributed by atoms with Crippen molar-refractivity contribution in [1.29, 1.82) is 0 Å². The summed E-state index contributed by atoms with van der Waals surface area (Å²) in [5.74, 6) is 1.29. The highest BCUT2D eigenvalue weighted by Crippen LogP contribution is 2.20. The number of hydrogen-bond donors (Lipinski definition) is 0.